The maximum Gasteiger partial charge on any atom is 0.326 e. The fraction of sp³-hybridized carbons (Fsp3) is 0.700. The Labute approximate surface area is 233 Å². The lowest BCUT2D eigenvalue weighted by Crippen LogP contribution is -2.61. The number of ether oxygens (including phenoxy) is 1. The minimum atomic E-state index is -1.76. The molecule has 3 saturated carbocycles. The fourth-order valence-corrected chi connectivity index (χ4v) is 8.80. The van der Waals surface area contributed by atoms with E-state index in [0.717, 1.165) is 18.4 Å². The van der Waals surface area contributed by atoms with Crippen LogP contribution in [0.15, 0.2) is 23.8 Å². The summed E-state index contributed by atoms with van der Waals surface area (Å²) in [5.74, 6) is -3.02. The number of carbonyl (C=O) groups excluding carboxylic acids is 4. The van der Waals surface area contributed by atoms with Gasteiger partial charge in [-0.3, -0.25) is 19.2 Å². The second-order valence-electron chi connectivity index (χ2n) is 12.8. The summed E-state index contributed by atoms with van der Waals surface area (Å²) in [4.78, 5) is 62.8. The highest BCUT2D eigenvalue weighted by Gasteiger charge is 2.68. The van der Waals surface area contributed by atoms with Gasteiger partial charge in [0.05, 0.1) is 12.5 Å². The van der Waals surface area contributed by atoms with Crippen molar-refractivity contribution in [2.45, 2.75) is 89.4 Å². The predicted octanol–water partition coefficient (Wildman–Crippen LogP) is 1.96. The normalized spacial score (nSPS) is 40.1. The molecule has 4 aliphatic carbocycles. The number of carbonyl (C=O) groups is 5. The largest absolute Gasteiger partial charge is 0.480 e. The molecule has 3 N–H and O–H groups in total. The summed E-state index contributed by atoms with van der Waals surface area (Å²) in [6.07, 6.45) is 7.34. The van der Waals surface area contributed by atoms with E-state index >= 15 is 0 Å². The minimum absolute atomic E-state index is 0.0183. The molecule has 0 unspecified atom stereocenters. The summed E-state index contributed by atoms with van der Waals surface area (Å²) < 4.78 is 5.18. The zero-order valence-electron chi connectivity index (χ0n) is 23.1. The number of amides is 1. The van der Waals surface area contributed by atoms with Gasteiger partial charge in [-0.1, -0.05) is 25.5 Å². The third kappa shape index (κ3) is 4.43. The molecule has 10 nitrogen and oxygen atoms in total. The number of hydrogen-bond donors (Lipinski definition) is 3. The molecule has 0 aromatic rings. The van der Waals surface area contributed by atoms with E-state index in [1.807, 2.05) is 13.0 Å². The van der Waals surface area contributed by atoms with Gasteiger partial charge in [-0.2, -0.15) is 0 Å². The molecule has 0 spiro atoms. The number of carboxylic acids is 1. The molecule has 1 heterocycles. The van der Waals surface area contributed by atoms with Crippen LogP contribution in [0, 0.1) is 28.6 Å². The van der Waals surface area contributed by atoms with E-state index in [1.165, 1.54) is 4.90 Å². The van der Waals surface area contributed by atoms with E-state index in [1.54, 1.807) is 12.2 Å². The number of nitrogens with zero attached hydrogens (tertiary/aromatic N) is 1. The Morgan fingerprint density at radius 1 is 1.12 bits per heavy atom. The zero-order chi connectivity index (χ0) is 29.0. The lowest BCUT2D eigenvalue weighted by molar-refractivity contribution is -0.181. The molecule has 10 heteroatoms. The predicted molar refractivity (Wildman–Crippen MR) is 141 cm³/mol. The maximum absolute atomic E-state index is 13.4. The molecule has 1 saturated heterocycles. The molecule has 0 radical (unpaired) electrons. The first-order valence-electron chi connectivity index (χ1n) is 14.4. The molecule has 218 valence electrons. The van der Waals surface area contributed by atoms with Crippen LogP contribution in [-0.4, -0.2) is 80.5 Å². The van der Waals surface area contributed by atoms with Gasteiger partial charge in [-0.05, 0) is 68.9 Å². The van der Waals surface area contributed by atoms with E-state index < -0.39 is 58.8 Å². The molecule has 40 heavy (non-hydrogen) atoms. The lowest BCUT2D eigenvalue weighted by atomic mass is 9.46. The number of Topliss-reactive ketones (excluding diaryl/α,β-unsaturated/α-hetero) is 1. The standard InChI is InChI=1S/C30H39NO9/c1-28-11-9-18(32)14-17(28)5-6-19-20-10-12-30(39,29(20,2)15-22(33)26(19)28)23(34)16-40-25(36)8-7-24(35)31-13-3-4-21(31)27(37)38/h9,11,14,19-22,26,33,39H,3-8,10,12-13,15-16H2,1-2H3,(H,37,38)/t19-,20-,21+,22-,26+,28-,29-,30-/m0/s1. The molecule has 0 aromatic heterocycles. The molecule has 0 aromatic carbocycles. The number of rotatable bonds is 7. The number of fused-ring (bicyclic) bond motifs is 5. The van der Waals surface area contributed by atoms with Crippen LogP contribution in [0.2, 0.25) is 0 Å². The Balaban J connectivity index is 1.22. The number of allylic oxidation sites excluding steroid dienone is 4. The average molecular weight is 558 g/mol. The van der Waals surface area contributed by atoms with Gasteiger partial charge >= 0.3 is 11.9 Å². The van der Waals surface area contributed by atoms with Crippen molar-refractivity contribution in [2.24, 2.45) is 28.6 Å². The first-order valence-corrected chi connectivity index (χ1v) is 14.4. The first kappa shape index (κ1) is 28.7. The second kappa shape index (κ2) is 10.2. The van der Waals surface area contributed by atoms with Gasteiger partial charge < -0.3 is 25.0 Å². The molecule has 5 aliphatic rings. The summed E-state index contributed by atoms with van der Waals surface area (Å²) >= 11 is 0. The van der Waals surface area contributed by atoms with Crippen LogP contribution in [0.4, 0.5) is 0 Å². The van der Waals surface area contributed by atoms with E-state index in [2.05, 4.69) is 6.92 Å². The quantitative estimate of drug-likeness (QED) is 0.398. The molecular formula is C30H39NO9. The van der Waals surface area contributed by atoms with Crippen molar-refractivity contribution in [3.63, 3.8) is 0 Å². The van der Waals surface area contributed by atoms with Gasteiger partial charge in [0.15, 0.2) is 12.4 Å². The molecule has 8 atom stereocenters. The Morgan fingerprint density at radius 3 is 2.60 bits per heavy atom. The van der Waals surface area contributed by atoms with Crippen LogP contribution < -0.4 is 0 Å². The number of aliphatic hydroxyl groups is 2. The van der Waals surface area contributed by atoms with Crippen LogP contribution in [-0.2, 0) is 28.7 Å². The van der Waals surface area contributed by atoms with Gasteiger partial charge in [0.2, 0.25) is 11.7 Å². The van der Waals surface area contributed by atoms with Gasteiger partial charge in [0.1, 0.15) is 11.6 Å². The monoisotopic (exact) mass is 557 g/mol. The zero-order valence-corrected chi connectivity index (χ0v) is 23.1. The third-order valence-electron chi connectivity index (χ3n) is 10.9. The van der Waals surface area contributed by atoms with Gasteiger partial charge in [0, 0.05) is 29.7 Å². The topological polar surface area (TPSA) is 159 Å². The molecule has 1 amide bonds. The average Bonchev–Trinajstić information content (AvgIpc) is 3.50. The Kier molecular flexibility index (Phi) is 7.32. The van der Waals surface area contributed by atoms with Crippen molar-refractivity contribution in [3.8, 4) is 0 Å². The van der Waals surface area contributed by atoms with E-state index in [-0.39, 0.29) is 49.2 Å². The molecular weight excluding hydrogens is 518 g/mol. The number of likely N-dealkylation sites (tertiary alicyclic amines) is 1. The highest BCUT2D eigenvalue weighted by Crippen LogP contribution is 2.67. The second-order valence-corrected chi connectivity index (χ2v) is 12.8. The van der Waals surface area contributed by atoms with Crippen LogP contribution in [0.1, 0.15) is 71.6 Å². The van der Waals surface area contributed by atoms with E-state index in [0.29, 0.717) is 25.8 Å². The summed E-state index contributed by atoms with van der Waals surface area (Å²) in [5.41, 5.74) is -2.09. The van der Waals surface area contributed by atoms with Crippen LogP contribution in [0.3, 0.4) is 0 Å². The van der Waals surface area contributed by atoms with E-state index in [9.17, 15) is 39.3 Å². The van der Waals surface area contributed by atoms with Crippen molar-refractivity contribution in [1.82, 2.24) is 4.90 Å². The number of aliphatic carboxylic acids is 1. The highest BCUT2D eigenvalue weighted by molar-refractivity contribution is 6.01. The Bertz CT molecular complexity index is 1190. The van der Waals surface area contributed by atoms with Crippen molar-refractivity contribution in [1.29, 1.82) is 0 Å². The van der Waals surface area contributed by atoms with E-state index in [4.69, 9.17) is 4.74 Å². The van der Waals surface area contributed by atoms with Crippen LogP contribution in [0.5, 0.6) is 0 Å². The third-order valence-corrected chi connectivity index (χ3v) is 10.9. The van der Waals surface area contributed by atoms with Crippen LogP contribution in [0.25, 0.3) is 0 Å². The summed E-state index contributed by atoms with van der Waals surface area (Å²) in [6.45, 7) is 3.61. The Hall–Kier alpha value is -2.85. The van der Waals surface area contributed by atoms with Gasteiger partial charge in [0.25, 0.3) is 0 Å². The smallest absolute Gasteiger partial charge is 0.326 e. The lowest BCUT2D eigenvalue weighted by Gasteiger charge is -2.59. The van der Waals surface area contributed by atoms with Crippen molar-refractivity contribution >= 4 is 29.4 Å². The SMILES string of the molecule is C[C@]12C=CC(=O)C=C1CC[C@@H]1[C@@H]2[C@@H](O)C[C@@]2(C)[C@H]1CC[C@]2(O)C(=O)COC(=O)CCC(=O)N1CCC[C@@H]1C(=O)O. The van der Waals surface area contributed by atoms with Gasteiger partial charge in [-0.25, -0.2) is 4.79 Å². The van der Waals surface area contributed by atoms with Gasteiger partial charge in [-0.15, -0.1) is 0 Å². The number of aliphatic hydroxyl groups excluding tert-OH is 1. The van der Waals surface area contributed by atoms with Crippen molar-refractivity contribution in [2.75, 3.05) is 13.2 Å². The highest BCUT2D eigenvalue weighted by atomic mass is 16.5. The number of esters is 1. The Morgan fingerprint density at radius 2 is 1.88 bits per heavy atom. The minimum Gasteiger partial charge on any atom is -0.480 e. The summed E-state index contributed by atoms with van der Waals surface area (Å²) in [5, 5.41) is 32.5. The van der Waals surface area contributed by atoms with Crippen molar-refractivity contribution in [3.05, 3.63) is 23.8 Å². The number of ketones is 2. The number of hydrogen-bond acceptors (Lipinski definition) is 8. The molecule has 4 fully saturated rings. The summed E-state index contributed by atoms with van der Waals surface area (Å²) in [6, 6.07) is -0.883. The molecule has 1 aliphatic heterocycles. The molecule has 5 rings (SSSR count). The van der Waals surface area contributed by atoms with Crippen LogP contribution >= 0.6 is 0 Å². The first-order chi connectivity index (χ1) is 18.8. The van der Waals surface area contributed by atoms with Crippen molar-refractivity contribution < 1.29 is 44.0 Å². The number of carboxylic acid groups (broad SMARTS) is 1. The summed E-state index contributed by atoms with van der Waals surface area (Å²) in [7, 11) is 0. The maximum atomic E-state index is 13.4. The molecule has 0 bridgehead atoms. The fourth-order valence-electron chi connectivity index (χ4n) is 8.80.